The number of ether oxygens (including phenoxy) is 2. The highest BCUT2D eigenvalue weighted by molar-refractivity contribution is 14.0. The predicted octanol–water partition coefficient (Wildman–Crippen LogP) is 2.74. The van der Waals surface area contributed by atoms with E-state index in [0.717, 1.165) is 45.1 Å². The van der Waals surface area contributed by atoms with Crippen molar-refractivity contribution in [1.29, 1.82) is 0 Å². The summed E-state index contributed by atoms with van der Waals surface area (Å²) in [7, 11) is 1.68. The van der Waals surface area contributed by atoms with E-state index in [0.29, 0.717) is 19.8 Å². The Balaban J connectivity index is 0.00000625. The van der Waals surface area contributed by atoms with Crippen molar-refractivity contribution in [2.45, 2.75) is 20.3 Å². The van der Waals surface area contributed by atoms with Crippen molar-refractivity contribution >= 4 is 35.6 Å². The van der Waals surface area contributed by atoms with Gasteiger partial charge < -0.3 is 25.0 Å². The maximum atomic E-state index is 5.45. The van der Waals surface area contributed by atoms with Gasteiger partial charge in [-0.2, -0.15) is 0 Å². The number of halogens is 1. The predicted molar refractivity (Wildman–Crippen MR) is 121 cm³/mol. The summed E-state index contributed by atoms with van der Waals surface area (Å²) in [5.41, 5.74) is 1.27. The summed E-state index contributed by atoms with van der Waals surface area (Å²) in [6.07, 6.45) is 1.02. The van der Waals surface area contributed by atoms with E-state index < -0.39 is 0 Å². The van der Waals surface area contributed by atoms with E-state index in [1.807, 2.05) is 0 Å². The first kappa shape index (κ1) is 24.9. The van der Waals surface area contributed by atoms with Crippen LogP contribution in [-0.4, -0.2) is 65.6 Å². The number of benzene rings is 1. The molecule has 0 aliphatic rings. The zero-order valence-corrected chi connectivity index (χ0v) is 18.7. The maximum Gasteiger partial charge on any atom is 0.191 e. The zero-order chi connectivity index (χ0) is 18.2. The van der Waals surface area contributed by atoms with Crippen LogP contribution in [0.25, 0.3) is 0 Å². The van der Waals surface area contributed by atoms with Gasteiger partial charge in [-0.3, -0.25) is 4.99 Å². The Labute approximate surface area is 175 Å². The molecule has 0 atom stereocenters. The van der Waals surface area contributed by atoms with Crippen LogP contribution in [0.2, 0.25) is 0 Å². The van der Waals surface area contributed by atoms with E-state index in [4.69, 9.17) is 9.47 Å². The summed E-state index contributed by atoms with van der Waals surface area (Å²) in [5.74, 6) is 0.848. The lowest BCUT2D eigenvalue weighted by Crippen LogP contribution is -2.39. The third kappa shape index (κ3) is 11.5. The Kier molecular flexibility index (Phi) is 16.7. The van der Waals surface area contributed by atoms with Gasteiger partial charge in [0.25, 0.3) is 0 Å². The van der Waals surface area contributed by atoms with E-state index >= 15 is 0 Å². The lowest BCUT2D eigenvalue weighted by atomic mass is 10.2. The SMILES string of the molecule is CCNC(=NCCCN(CC)c1ccccc1)NCCOCCOC.I. The summed E-state index contributed by atoms with van der Waals surface area (Å²) in [6.45, 7) is 10.5. The van der Waals surface area contributed by atoms with E-state index in [1.54, 1.807) is 7.11 Å². The molecule has 150 valence electrons. The second kappa shape index (κ2) is 17.4. The zero-order valence-electron chi connectivity index (χ0n) is 16.4. The minimum Gasteiger partial charge on any atom is -0.382 e. The quantitative estimate of drug-likeness (QED) is 0.198. The van der Waals surface area contributed by atoms with Gasteiger partial charge >= 0.3 is 0 Å². The highest BCUT2D eigenvalue weighted by atomic mass is 127. The lowest BCUT2D eigenvalue weighted by molar-refractivity contribution is 0.0733. The Hall–Kier alpha value is -1.06. The largest absolute Gasteiger partial charge is 0.382 e. The molecule has 0 aromatic heterocycles. The fourth-order valence-corrected chi connectivity index (χ4v) is 2.39. The number of aliphatic imine (C=N–C) groups is 1. The van der Waals surface area contributed by atoms with Gasteiger partial charge in [-0.15, -0.1) is 24.0 Å². The van der Waals surface area contributed by atoms with Crippen molar-refractivity contribution in [3.63, 3.8) is 0 Å². The molecule has 0 aliphatic heterocycles. The van der Waals surface area contributed by atoms with Gasteiger partial charge in [-0.05, 0) is 32.4 Å². The number of nitrogens with zero attached hydrogens (tertiary/aromatic N) is 2. The molecule has 26 heavy (non-hydrogen) atoms. The minimum atomic E-state index is 0. The van der Waals surface area contributed by atoms with E-state index in [9.17, 15) is 0 Å². The Bertz CT molecular complexity index is 460. The van der Waals surface area contributed by atoms with Crippen molar-refractivity contribution in [3.05, 3.63) is 30.3 Å². The molecule has 0 radical (unpaired) electrons. The van der Waals surface area contributed by atoms with Gasteiger partial charge in [0, 0.05) is 45.5 Å². The summed E-state index contributed by atoms with van der Waals surface area (Å²) >= 11 is 0. The van der Waals surface area contributed by atoms with Crippen molar-refractivity contribution in [2.75, 3.05) is 64.6 Å². The lowest BCUT2D eigenvalue weighted by Gasteiger charge is -2.22. The number of hydrogen-bond acceptors (Lipinski definition) is 4. The fourth-order valence-electron chi connectivity index (χ4n) is 2.39. The molecule has 0 saturated heterocycles. The second-order valence-corrected chi connectivity index (χ2v) is 5.56. The van der Waals surface area contributed by atoms with Gasteiger partial charge in [-0.1, -0.05) is 18.2 Å². The first-order valence-corrected chi connectivity index (χ1v) is 9.20. The van der Waals surface area contributed by atoms with Crippen LogP contribution < -0.4 is 15.5 Å². The highest BCUT2D eigenvalue weighted by Gasteiger charge is 2.03. The third-order valence-corrected chi connectivity index (χ3v) is 3.67. The molecule has 0 spiro atoms. The minimum absolute atomic E-state index is 0. The van der Waals surface area contributed by atoms with Crippen molar-refractivity contribution < 1.29 is 9.47 Å². The number of para-hydroxylation sites is 1. The van der Waals surface area contributed by atoms with Gasteiger partial charge in [-0.25, -0.2) is 0 Å². The Morgan fingerprint density at radius 2 is 1.85 bits per heavy atom. The number of nitrogens with one attached hydrogen (secondary N) is 2. The van der Waals surface area contributed by atoms with Crippen LogP contribution in [0.4, 0.5) is 5.69 Å². The number of rotatable bonds is 13. The van der Waals surface area contributed by atoms with Crippen LogP contribution in [0, 0.1) is 0 Å². The van der Waals surface area contributed by atoms with Gasteiger partial charge in [0.05, 0.1) is 19.8 Å². The smallest absolute Gasteiger partial charge is 0.191 e. The van der Waals surface area contributed by atoms with Gasteiger partial charge in [0.1, 0.15) is 0 Å². The van der Waals surface area contributed by atoms with E-state index in [2.05, 4.69) is 64.7 Å². The molecule has 7 heteroatoms. The molecule has 0 fully saturated rings. The molecule has 6 nitrogen and oxygen atoms in total. The second-order valence-electron chi connectivity index (χ2n) is 5.56. The highest BCUT2D eigenvalue weighted by Crippen LogP contribution is 2.12. The summed E-state index contributed by atoms with van der Waals surface area (Å²) in [4.78, 5) is 7.01. The number of hydrogen-bond donors (Lipinski definition) is 2. The molecule has 0 bridgehead atoms. The average Bonchev–Trinajstić information content (AvgIpc) is 2.65. The number of anilines is 1. The first-order valence-electron chi connectivity index (χ1n) is 9.20. The van der Waals surface area contributed by atoms with Crippen molar-refractivity contribution in [2.24, 2.45) is 4.99 Å². The topological polar surface area (TPSA) is 58.1 Å². The molecule has 0 amide bonds. The molecular formula is C19H35IN4O2. The van der Waals surface area contributed by atoms with Crippen LogP contribution in [0.15, 0.2) is 35.3 Å². The molecule has 1 aromatic carbocycles. The third-order valence-electron chi connectivity index (χ3n) is 3.67. The normalized spacial score (nSPS) is 11.0. The average molecular weight is 478 g/mol. The first-order chi connectivity index (χ1) is 12.3. The number of methoxy groups -OCH3 is 1. The molecule has 1 aromatic rings. The van der Waals surface area contributed by atoms with Crippen LogP contribution in [0.5, 0.6) is 0 Å². The summed E-state index contributed by atoms with van der Waals surface area (Å²) in [5, 5.41) is 6.55. The van der Waals surface area contributed by atoms with Gasteiger partial charge in [0.15, 0.2) is 5.96 Å². The van der Waals surface area contributed by atoms with Crippen LogP contribution in [-0.2, 0) is 9.47 Å². The molecule has 2 N–H and O–H groups in total. The van der Waals surface area contributed by atoms with E-state index in [-0.39, 0.29) is 24.0 Å². The number of guanidine groups is 1. The fraction of sp³-hybridized carbons (Fsp3) is 0.632. The van der Waals surface area contributed by atoms with Crippen LogP contribution >= 0.6 is 24.0 Å². The molecule has 0 saturated carbocycles. The van der Waals surface area contributed by atoms with Crippen LogP contribution in [0.3, 0.4) is 0 Å². The van der Waals surface area contributed by atoms with Crippen molar-refractivity contribution in [1.82, 2.24) is 10.6 Å². The monoisotopic (exact) mass is 478 g/mol. The summed E-state index contributed by atoms with van der Waals surface area (Å²) < 4.78 is 10.4. The molecule has 0 heterocycles. The van der Waals surface area contributed by atoms with Crippen molar-refractivity contribution in [3.8, 4) is 0 Å². The Morgan fingerprint density at radius 3 is 2.50 bits per heavy atom. The molecule has 0 aliphatic carbocycles. The Morgan fingerprint density at radius 1 is 1.08 bits per heavy atom. The van der Waals surface area contributed by atoms with E-state index in [1.165, 1.54) is 5.69 Å². The maximum absolute atomic E-state index is 5.45. The molecule has 1 rings (SSSR count). The molecular weight excluding hydrogens is 443 g/mol. The van der Waals surface area contributed by atoms with Gasteiger partial charge in [0.2, 0.25) is 0 Å². The molecule has 0 unspecified atom stereocenters. The standard InChI is InChI=1S/C19H34N4O2.HI/c1-4-20-19(22-13-15-25-17-16-24-3)21-12-9-14-23(5-2)18-10-7-6-8-11-18;/h6-8,10-11H,4-5,9,12-17H2,1-3H3,(H2,20,21,22);1H. The summed E-state index contributed by atoms with van der Waals surface area (Å²) in [6, 6.07) is 10.5. The van der Waals surface area contributed by atoms with Crippen LogP contribution in [0.1, 0.15) is 20.3 Å².